The quantitative estimate of drug-likeness (QED) is 0.582. The third kappa shape index (κ3) is 5.42. The highest BCUT2D eigenvalue weighted by Gasteiger charge is 2.18. The molecule has 0 unspecified atom stereocenters. The molecule has 6 nitrogen and oxygen atoms in total. The molecule has 0 radical (unpaired) electrons. The summed E-state index contributed by atoms with van der Waals surface area (Å²) in [6.45, 7) is 1.95. The van der Waals surface area contributed by atoms with Crippen molar-refractivity contribution in [1.29, 1.82) is 0 Å². The molecular weight excluding hydrogens is 422 g/mol. The van der Waals surface area contributed by atoms with Crippen LogP contribution in [0.2, 0.25) is 0 Å². The number of nitrogens with zero attached hydrogens (tertiary/aromatic N) is 1. The first kappa shape index (κ1) is 21.8. The van der Waals surface area contributed by atoms with E-state index in [4.69, 9.17) is 0 Å². The Labute approximate surface area is 191 Å². The van der Waals surface area contributed by atoms with Crippen LogP contribution >= 0.6 is 11.3 Å². The number of amides is 3. The van der Waals surface area contributed by atoms with Crippen LogP contribution in [0, 0.1) is 0 Å². The minimum atomic E-state index is -0.214. The average Bonchev–Trinajstić information content (AvgIpc) is 3.39. The third-order valence-corrected chi connectivity index (χ3v) is 6.29. The van der Waals surface area contributed by atoms with Crippen molar-refractivity contribution in [2.45, 2.75) is 25.8 Å². The minimum Gasteiger partial charge on any atom is -0.348 e. The van der Waals surface area contributed by atoms with E-state index in [-0.39, 0.29) is 17.7 Å². The van der Waals surface area contributed by atoms with Crippen molar-refractivity contribution in [3.63, 3.8) is 0 Å². The highest BCUT2D eigenvalue weighted by atomic mass is 32.1. The van der Waals surface area contributed by atoms with Crippen molar-refractivity contribution in [1.82, 2.24) is 10.2 Å². The number of likely N-dealkylation sites (tertiary alicyclic amines) is 1. The van der Waals surface area contributed by atoms with Crippen LogP contribution in [0.3, 0.4) is 0 Å². The molecule has 1 saturated heterocycles. The van der Waals surface area contributed by atoms with Gasteiger partial charge in [0.15, 0.2) is 0 Å². The van der Waals surface area contributed by atoms with Crippen molar-refractivity contribution >= 4 is 34.7 Å². The Morgan fingerprint density at radius 1 is 0.844 bits per heavy atom. The molecule has 0 atom stereocenters. The number of benzene rings is 2. The molecular formula is C25H25N3O3S. The molecule has 2 aromatic carbocycles. The van der Waals surface area contributed by atoms with Crippen LogP contribution in [-0.2, 0) is 6.54 Å². The van der Waals surface area contributed by atoms with Crippen LogP contribution in [0.25, 0.3) is 0 Å². The monoisotopic (exact) mass is 447 g/mol. The maximum absolute atomic E-state index is 12.7. The van der Waals surface area contributed by atoms with Crippen molar-refractivity contribution < 1.29 is 14.4 Å². The van der Waals surface area contributed by atoms with Gasteiger partial charge in [-0.3, -0.25) is 14.4 Å². The van der Waals surface area contributed by atoms with Crippen molar-refractivity contribution in [2.75, 3.05) is 18.4 Å². The van der Waals surface area contributed by atoms with Crippen LogP contribution in [-0.4, -0.2) is 35.7 Å². The second kappa shape index (κ2) is 10.2. The Kier molecular flexibility index (Phi) is 6.97. The zero-order chi connectivity index (χ0) is 22.3. The number of rotatable bonds is 6. The fraction of sp³-hybridized carbons (Fsp3) is 0.240. The number of anilines is 1. The zero-order valence-corrected chi connectivity index (χ0v) is 18.5. The van der Waals surface area contributed by atoms with Gasteiger partial charge in [-0.15, -0.1) is 11.3 Å². The lowest BCUT2D eigenvalue weighted by molar-refractivity contribution is 0.0724. The Hall–Kier alpha value is -3.45. The Bertz CT molecular complexity index is 1090. The standard InChI is InChI=1S/C25H25N3O3S/c29-23(19-9-11-21(12-10-19)27-24(30)22-8-5-15-32-22)26-17-18-6-4-7-20(16-18)25(31)28-13-2-1-3-14-28/h4-12,15-16H,1-3,13-14,17H2,(H,26,29)(H,27,30). The summed E-state index contributed by atoms with van der Waals surface area (Å²) < 4.78 is 0. The van der Waals surface area contributed by atoms with E-state index in [1.165, 1.54) is 17.8 Å². The molecule has 0 spiro atoms. The van der Waals surface area contributed by atoms with E-state index in [0.29, 0.717) is 28.2 Å². The molecule has 3 aromatic rings. The first-order chi connectivity index (χ1) is 15.6. The molecule has 1 aliphatic rings. The minimum absolute atomic E-state index is 0.0538. The normalized spacial score (nSPS) is 13.4. The van der Waals surface area contributed by atoms with Crippen molar-refractivity contribution in [2.24, 2.45) is 0 Å². The van der Waals surface area contributed by atoms with Crippen LogP contribution in [0.1, 0.15) is 55.2 Å². The Morgan fingerprint density at radius 2 is 1.62 bits per heavy atom. The molecule has 32 heavy (non-hydrogen) atoms. The van der Waals surface area contributed by atoms with Crippen molar-refractivity contribution in [3.05, 3.63) is 87.6 Å². The summed E-state index contributed by atoms with van der Waals surface area (Å²) >= 11 is 1.37. The predicted octanol–water partition coefficient (Wildman–Crippen LogP) is 4.56. The Balaban J connectivity index is 1.32. The van der Waals surface area contributed by atoms with E-state index in [9.17, 15) is 14.4 Å². The number of hydrogen-bond acceptors (Lipinski definition) is 4. The molecule has 0 saturated carbocycles. The van der Waals surface area contributed by atoms with E-state index in [0.717, 1.165) is 31.5 Å². The fourth-order valence-electron chi connectivity index (χ4n) is 3.68. The average molecular weight is 448 g/mol. The number of thiophene rings is 1. The topological polar surface area (TPSA) is 78.5 Å². The molecule has 1 aliphatic heterocycles. The van der Waals surface area contributed by atoms with Gasteiger partial charge in [-0.1, -0.05) is 18.2 Å². The van der Waals surface area contributed by atoms with E-state index < -0.39 is 0 Å². The summed E-state index contributed by atoms with van der Waals surface area (Å²) in [5.74, 6) is -0.330. The third-order valence-electron chi connectivity index (χ3n) is 5.42. The summed E-state index contributed by atoms with van der Waals surface area (Å²) in [4.78, 5) is 39.9. The molecule has 0 aliphatic carbocycles. The van der Waals surface area contributed by atoms with Crippen LogP contribution < -0.4 is 10.6 Å². The molecule has 0 bridgehead atoms. The van der Waals surface area contributed by atoms with E-state index >= 15 is 0 Å². The van der Waals surface area contributed by atoms with Crippen LogP contribution in [0.5, 0.6) is 0 Å². The number of hydrogen-bond donors (Lipinski definition) is 2. The largest absolute Gasteiger partial charge is 0.348 e. The van der Waals surface area contributed by atoms with Gasteiger partial charge in [0, 0.05) is 36.4 Å². The van der Waals surface area contributed by atoms with Gasteiger partial charge in [0.2, 0.25) is 0 Å². The summed E-state index contributed by atoms with van der Waals surface area (Å²) in [5.41, 5.74) is 2.66. The van der Waals surface area contributed by atoms with Crippen LogP contribution in [0.15, 0.2) is 66.0 Å². The molecule has 2 N–H and O–H groups in total. The van der Waals surface area contributed by atoms with Gasteiger partial charge in [0.05, 0.1) is 4.88 Å². The van der Waals surface area contributed by atoms with E-state index in [1.54, 1.807) is 30.3 Å². The molecule has 7 heteroatoms. The van der Waals surface area contributed by atoms with Crippen LogP contribution in [0.4, 0.5) is 5.69 Å². The summed E-state index contributed by atoms with van der Waals surface area (Å²) in [6, 6.07) is 17.8. The zero-order valence-electron chi connectivity index (χ0n) is 17.7. The SMILES string of the molecule is O=C(NCc1cccc(C(=O)N2CCCCC2)c1)c1ccc(NC(=O)c2cccs2)cc1. The van der Waals surface area contributed by atoms with Gasteiger partial charge in [0.1, 0.15) is 0 Å². The summed E-state index contributed by atoms with van der Waals surface area (Å²) in [6.07, 6.45) is 3.29. The lowest BCUT2D eigenvalue weighted by Gasteiger charge is -2.26. The number of carbonyl (C=O) groups is 3. The molecule has 1 fully saturated rings. The predicted molar refractivity (Wildman–Crippen MR) is 126 cm³/mol. The van der Waals surface area contributed by atoms with E-state index in [1.807, 2.05) is 40.6 Å². The van der Waals surface area contributed by atoms with Gasteiger partial charge in [-0.25, -0.2) is 0 Å². The maximum Gasteiger partial charge on any atom is 0.265 e. The molecule has 1 aromatic heterocycles. The smallest absolute Gasteiger partial charge is 0.265 e. The lowest BCUT2D eigenvalue weighted by Crippen LogP contribution is -2.35. The van der Waals surface area contributed by atoms with Gasteiger partial charge in [-0.05, 0) is 72.7 Å². The molecule has 164 valence electrons. The lowest BCUT2D eigenvalue weighted by atomic mass is 10.1. The number of carbonyl (C=O) groups excluding carboxylic acids is 3. The highest BCUT2D eigenvalue weighted by Crippen LogP contribution is 2.16. The van der Waals surface area contributed by atoms with E-state index in [2.05, 4.69) is 10.6 Å². The Morgan fingerprint density at radius 3 is 2.34 bits per heavy atom. The molecule has 4 rings (SSSR count). The number of piperidine rings is 1. The van der Waals surface area contributed by atoms with Gasteiger partial charge >= 0.3 is 0 Å². The number of nitrogens with one attached hydrogen (secondary N) is 2. The summed E-state index contributed by atoms with van der Waals surface area (Å²) in [7, 11) is 0. The molecule has 2 heterocycles. The van der Waals surface area contributed by atoms with Gasteiger partial charge < -0.3 is 15.5 Å². The second-order valence-corrected chi connectivity index (χ2v) is 8.69. The van der Waals surface area contributed by atoms with Crippen molar-refractivity contribution in [3.8, 4) is 0 Å². The highest BCUT2D eigenvalue weighted by molar-refractivity contribution is 7.12. The molecule has 3 amide bonds. The maximum atomic E-state index is 12.7. The second-order valence-electron chi connectivity index (χ2n) is 7.74. The fourth-order valence-corrected chi connectivity index (χ4v) is 4.30. The first-order valence-corrected chi connectivity index (χ1v) is 11.6. The summed E-state index contributed by atoms with van der Waals surface area (Å²) in [5, 5.41) is 7.56. The first-order valence-electron chi connectivity index (χ1n) is 10.7. The van der Waals surface area contributed by atoms with Gasteiger partial charge in [-0.2, -0.15) is 0 Å². The van der Waals surface area contributed by atoms with Gasteiger partial charge in [0.25, 0.3) is 17.7 Å².